The lowest BCUT2D eigenvalue weighted by Gasteiger charge is -2.55. The van der Waals surface area contributed by atoms with Gasteiger partial charge in [0.2, 0.25) is 8.32 Å². The van der Waals surface area contributed by atoms with Gasteiger partial charge in [0, 0.05) is 26.1 Å². The van der Waals surface area contributed by atoms with Crippen molar-refractivity contribution < 1.29 is 33.3 Å². The Morgan fingerprint density at radius 1 is 0.761 bits per heavy atom. The SMILES string of the molecule is CC(C)[Si](OCCC[C@@H]1C[C@H](O[Si](C(C)C)(C(C)C)C(C)C)[C@@H]2O[C@]3(C)CC[C@H](O)[C@@H](CCCO)O[C@H]3C[C@H]2O1)(C(C)C)C(C)C. The highest BCUT2D eigenvalue weighted by Crippen LogP contribution is 2.49. The molecule has 272 valence electrons. The molecule has 0 aromatic carbocycles. The standard InChI is InChI=1S/C37H74O7Si2/c1-24(2)45(25(3)4,26(5)6)40-21-15-16-30-22-34(44-46(27(7)8,28(9)10)29(11)12)36-33(41-30)23-35-37(13,43-36)19-18-31(39)32(42-35)17-14-20-38/h24-36,38-39H,14-23H2,1-13H3/t30-,31+,32-,33-,34+,35+,36-,37-/m1/s1. The van der Waals surface area contributed by atoms with Crippen LogP contribution in [-0.2, 0) is 23.1 Å². The lowest BCUT2D eigenvalue weighted by Crippen LogP contribution is -2.65. The van der Waals surface area contributed by atoms with Gasteiger partial charge < -0.3 is 33.3 Å². The molecule has 0 amide bonds. The van der Waals surface area contributed by atoms with E-state index >= 15 is 0 Å². The van der Waals surface area contributed by atoms with E-state index in [0.29, 0.717) is 52.5 Å². The van der Waals surface area contributed by atoms with E-state index in [9.17, 15) is 10.2 Å². The monoisotopic (exact) mass is 686 g/mol. The van der Waals surface area contributed by atoms with Crippen LogP contribution in [0.2, 0.25) is 33.2 Å². The summed E-state index contributed by atoms with van der Waals surface area (Å²) in [6, 6.07) is 0. The van der Waals surface area contributed by atoms with Crippen molar-refractivity contribution in [2.45, 2.75) is 223 Å². The van der Waals surface area contributed by atoms with Crippen LogP contribution in [0.25, 0.3) is 0 Å². The van der Waals surface area contributed by atoms with Gasteiger partial charge in [-0.1, -0.05) is 83.1 Å². The maximum atomic E-state index is 11.0. The van der Waals surface area contributed by atoms with E-state index in [1.54, 1.807) is 0 Å². The van der Waals surface area contributed by atoms with Gasteiger partial charge in [-0.25, -0.2) is 0 Å². The number of hydrogen-bond acceptors (Lipinski definition) is 7. The van der Waals surface area contributed by atoms with E-state index < -0.39 is 28.3 Å². The fourth-order valence-electron chi connectivity index (χ4n) is 10.1. The van der Waals surface area contributed by atoms with Gasteiger partial charge in [0.05, 0.1) is 42.2 Å². The zero-order chi connectivity index (χ0) is 34.6. The maximum Gasteiger partial charge on any atom is 0.200 e. The molecule has 3 saturated heterocycles. The van der Waals surface area contributed by atoms with E-state index in [4.69, 9.17) is 23.1 Å². The van der Waals surface area contributed by atoms with Crippen molar-refractivity contribution in [2.75, 3.05) is 13.2 Å². The van der Waals surface area contributed by atoms with Crippen molar-refractivity contribution in [3.05, 3.63) is 0 Å². The first-order chi connectivity index (χ1) is 21.5. The van der Waals surface area contributed by atoms with Crippen molar-refractivity contribution in [3.63, 3.8) is 0 Å². The van der Waals surface area contributed by atoms with Gasteiger partial charge in [-0.05, 0) is 78.7 Å². The molecule has 7 nitrogen and oxygen atoms in total. The molecule has 0 bridgehead atoms. The van der Waals surface area contributed by atoms with Crippen molar-refractivity contribution in [1.29, 1.82) is 0 Å². The lowest BCUT2D eigenvalue weighted by atomic mass is 9.81. The summed E-state index contributed by atoms with van der Waals surface area (Å²) in [5, 5.41) is 20.5. The molecule has 0 radical (unpaired) electrons. The van der Waals surface area contributed by atoms with Crippen LogP contribution in [0.1, 0.15) is 141 Å². The minimum atomic E-state index is -2.19. The topological polar surface area (TPSA) is 86.6 Å². The molecule has 8 atom stereocenters. The Morgan fingerprint density at radius 2 is 1.33 bits per heavy atom. The molecular formula is C37H74O7Si2. The molecule has 46 heavy (non-hydrogen) atoms. The van der Waals surface area contributed by atoms with Gasteiger partial charge in [-0.15, -0.1) is 0 Å². The third kappa shape index (κ3) is 8.53. The number of rotatable bonds is 16. The molecule has 0 saturated carbocycles. The van der Waals surface area contributed by atoms with Gasteiger partial charge in [0.25, 0.3) is 0 Å². The summed E-state index contributed by atoms with van der Waals surface area (Å²) in [5.74, 6) is 0. The Hall–Kier alpha value is 0.154. The highest BCUT2D eigenvalue weighted by Gasteiger charge is 2.57. The summed E-state index contributed by atoms with van der Waals surface area (Å²) in [7, 11) is -4.10. The molecule has 9 heteroatoms. The third-order valence-electron chi connectivity index (χ3n) is 12.3. The summed E-state index contributed by atoms with van der Waals surface area (Å²) >= 11 is 0. The smallest absolute Gasteiger partial charge is 0.200 e. The van der Waals surface area contributed by atoms with Crippen LogP contribution in [0.5, 0.6) is 0 Å². The number of aliphatic hydroxyl groups excluding tert-OH is 2. The summed E-state index contributed by atoms with van der Waals surface area (Å²) in [6.45, 7) is 31.3. The molecule has 2 N–H and O–H groups in total. The average molecular weight is 687 g/mol. The van der Waals surface area contributed by atoms with Gasteiger partial charge >= 0.3 is 0 Å². The normalized spacial score (nSPS) is 32.9. The van der Waals surface area contributed by atoms with Gasteiger partial charge in [-0.3, -0.25) is 0 Å². The van der Waals surface area contributed by atoms with E-state index in [1.807, 2.05) is 0 Å². The van der Waals surface area contributed by atoms with Gasteiger partial charge in [0.1, 0.15) is 6.10 Å². The molecule has 3 rings (SSSR count). The van der Waals surface area contributed by atoms with Gasteiger partial charge in [-0.2, -0.15) is 0 Å². The summed E-state index contributed by atoms with van der Waals surface area (Å²) in [5.41, 5.74) is 2.66. The maximum absolute atomic E-state index is 11.0. The predicted octanol–water partition coefficient (Wildman–Crippen LogP) is 8.91. The second kappa shape index (κ2) is 16.9. The second-order valence-electron chi connectivity index (χ2n) is 17.1. The summed E-state index contributed by atoms with van der Waals surface area (Å²) in [6.07, 6.45) is 4.88. The quantitative estimate of drug-likeness (QED) is 0.124. The Balaban J connectivity index is 1.86. The highest BCUT2D eigenvalue weighted by molar-refractivity contribution is 6.78. The molecule has 3 aliphatic heterocycles. The van der Waals surface area contributed by atoms with E-state index in [2.05, 4.69) is 90.0 Å². The molecule has 0 aliphatic carbocycles. The van der Waals surface area contributed by atoms with Crippen LogP contribution >= 0.6 is 0 Å². The summed E-state index contributed by atoms with van der Waals surface area (Å²) in [4.78, 5) is 0. The largest absolute Gasteiger partial charge is 0.416 e. The fraction of sp³-hybridized carbons (Fsp3) is 1.00. The minimum absolute atomic E-state index is 0.0323. The first-order valence-electron chi connectivity index (χ1n) is 19.0. The van der Waals surface area contributed by atoms with Crippen LogP contribution in [0, 0.1) is 0 Å². The Labute approximate surface area is 285 Å². The van der Waals surface area contributed by atoms with E-state index in [1.165, 1.54) is 0 Å². The zero-order valence-electron chi connectivity index (χ0n) is 32.0. The first kappa shape index (κ1) is 40.6. The van der Waals surface area contributed by atoms with Crippen LogP contribution in [0.3, 0.4) is 0 Å². The molecule has 0 unspecified atom stereocenters. The third-order valence-corrected chi connectivity index (χ3v) is 24.5. The van der Waals surface area contributed by atoms with Crippen molar-refractivity contribution in [2.24, 2.45) is 0 Å². The highest BCUT2D eigenvalue weighted by atomic mass is 28.4. The number of ether oxygens (including phenoxy) is 3. The van der Waals surface area contributed by atoms with Crippen LogP contribution in [0.15, 0.2) is 0 Å². The first-order valence-corrected chi connectivity index (χ1v) is 23.3. The minimum Gasteiger partial charge on any atom is -0.416 e. The lowest BCUT2D eigenvalue weighted by molar-refractivity contribution is -0.290. The van der Waals surface area contributed by atoms with Crippen molar-refractivity contribution in [3.8, 4) is 0 Å². The van der Waals surface area contributed by atoms with Crippen molar-refractivity contribution in [1.82, 2.24) is 0 Å². The second-order valence-corrected chi connectivity index (χ2v) is 27.9. The molecule has 0 aromatic heterocycles. The fourth-order valence-corrected chi connectivity index (χ4v) is 21.2. The molecule has 3 aliphatic rings. The van der Waals surface area contributed by atoms with E-state index in [-0.39, 0.29) is 43.2 Å². The summed E-state index contributed by atoms with van der Waals surface area (Å²) < 4.78 is 35.2. The van der Waals surface area contributed by atoms with Gasteiger partial charge in [0.15, 0.2) is 8.32 Å². The number of aliphatic hydroxyl groups is 2. The Morgan fingerprint density at radius 3 is 1.85 bits per heavy atom. The Kier molecular flexibility index (Phi) is 14.9. The molecule has 0 spiro atoms. The van der Waals surface area contributed by atoms with Crippen molar-refractivity contribution >= 4 is 16.6 Å². The predicted molar refractivity (Wildman–Crippen MR) is 194 cm³/mol. The molecule has 3 heterocycles. The molecule has 3 fully saturated rings. The number of fused-ring (bicyclic) bond motifs is 2. The average Bonchev–Trinajstić information content (AvgIpc) is 3.07. The Bertz CT molecular complexity index is 869. The zero-order valence-corrected chi connectivity index (χ0v) is 34.0. The molecular weight excluding hydrogens is 613 g/mol. The number of hydrogen-bond donors (Lipinski definition) is 2. The van der Waals surface area contributed by atoms with Crippen LogP contribution in [0.4, 0.5) is 0 Å². The van der Waals surface area contributed by atoms with Crippen LogP contribution < -0.4 is 0 Å². The van der Waals surface area contributed by atoms with E-state index in [0.717, 1.165) is 38.7 Å². The molecule has 0 aromatic rings. The van der Waals surface area contributed by atoms with Crippen LogP contribution in [-0.4, -0.2) is 88.4 Å².